The molecule has 0 aliphatic carbocycles. The number of aryl methyl sites for hydroxylation is 1. The van der Waals surface area contributed by atoms with E-state index < -0.39 is 0 Å². The summed E-state index contributed by atoms with van der Waals surface area (Å²) in [6, 6.07) is 10.2. The minimum atomic E-state index is 0. The maximum atomic E-state index is 5.39. The highest BCUT2D eigenvalue weighted by Crippen LogP contribution is 2.17. The summed E-state index contributed by atoms with van der Waals surface area (Å²) >= 11 is 0. The van der Waals surface area contributed by atoms with Crippen LogP contribution >= 0.6 is 0 Å². The average molecular weight is 398 g/mol. The Bertz CT molecular complexity index is 573. The Hall–Kier alpha value is -1.28. The SMILES string of the molecule is CC[n+]1cc(-c2ccccc2)nc(N2CCOCC2)n1.[I-]. The predicted molar refractivity (Wildman–Crippen MR) is 76.4 cm³/mol. The largest absolute Gasteiger partial charge is 1.00 e. The fourth-order valence-corrected chi connectivity index (χ4v) is 2.25. The van der Waals surface area contributed by atoms with Crippen LogP contribution in [-0.2, 0) is 11.3 Å². The van der Waals surface area contributed by atoms with Crippen LogP contribution in [0.15, 0.2) is 36.5 Å². The summed E-state index contributed by atoms with van der Waals surface area (Å²) in [6.07, 6.45) is 2.00. The molecule has 0 atom stereocenters. The summed E-state index contributed by atoms with van der Waals surface area (Å²) in [4.78, 5) is 6.90. The highest BCUT2D eigenvalue weighted by Gasteiger charge is 2.19. The first-order valence-corrected chi connectivity index (χ1v) is 7.04. The molecule has 1 aromatic carbocycles. The van der Waals surface area contributed by atoms with E-state index in [2.05, 4.69) is 29.1 Å². The normalized spacial score (nSPS) is 14.6. The number of halogens is 1. The fourth-order valence-electron chi connectivity index (χ4n) is 2.25. The molecule has 0 radical (unpaired) electrons. The lowest BCUT2D eigenvalue weighted by Gasteiger charge is -2.25. The Morgan fingerprint density at radius 3 is 2.57 bits per heavy atom. The molecule has 1 aliphatic rings. The number of morpholine rings is 1. The van der Waals surface area contributed by atoms with Crippen molar-refractivity contribution in [1.82, 2.24) is 10.1 Å². The second kappa shape index (κ2) is 7.65. The summed E-state index contributed by atoms with van der Waals surface area (Å²) in [7, 11) is 0. The second-order valence-electron chi connectivity index (χ2n) is 4.75. The van der Waals surface area contributed by atoms with Crippen molar-refractivity contribution in [3.05, 3.63) is 36.5 Å². The van der Waals surface area contributed by atoms with Crippen LogP contribution in [0.1, 0.15) is 6.92 Å². The maximum Gasteiger partial charge on any atom is 0.291 e. The van der Waals surface area contributed by atoms with Crippen LogP contribution in [-0.4, -0.2) is 36.4 Å². The molecule has 0 spiro atoms. The molecule has 1 saturated heterocycles. The number of aromatic nitrogens is 3. The maximum absolute atomic E-state index is 5.39. The van der Waals surface area contributed by atoms with Gasteiger partial charge in [0.05, 0.1) is 13.2 Å². The molecule has 112 valence electrons. The van der Waals surface area contributed by atoms with E-state index in [1.54, 1.807) is 0 Å². The van der Waals surface area contributed by atoms with Crippen molar-refractivity contribution in [3.63, 3.8) is 0 Å². The van der Waals surface area contributed by atoms with Gasteiger partial charge in [-0.2, -0.15) is 0 Å². The minimum absolute atomic E-state index is 0. The van der Waals surface area contributed by atoms with Gasteiger partial charge in [-0.05, 0) is 6.92 Å². The molecular weight excluding hydrogens is 379 g/mol. The zero-order chi connectivity index (χ0) is 13.8. The van der Waals surface area contributed by atoms with Gasteiger partial charge in [-0.3, -0.25) is 0 Å². The van der Waals surface area contributed by atoms with Gasteiger partial charge in [0.2, 0.25) is 6.20 Å². The monoisotopic (exact) mass is 398 g/mol. The lowest BCUT2D eigenvalue weighted by molar-refractivity contribution is -0.749. The van der Waals surface area contributed by atoms with Crippen LogP contribution < -0.4 is 33.6 Å². The van der Waals surface area contributed by atoms with E-state index in [-0.39, 0.29) is 24.0 Å². The molecule has 5 nitrogen and oxygen atoms in total. The summed E-state index contributed by atoms with van der Waals surface area (Å²) < 4.78 is 7.33. The molecule has 0 bridgehead atoms. The van der Waals surface area contributed by atoms with Crippen molar-refractivity contribution in [3.8, 4) is 11.3 Å². The van der Waals surface area contributed by atoms with Crippen LogP contribution in [0, 0.1) is 0 Å². The molecule has 0 unspecified atom stereocenters. The average Bonchev–Trinajstić information content (AvgIpc) is 2.56. The highest BCUT2D eigenvalue weighted by molar-refractivity contribution is 5.58. The van der Waals surface area contributed by atoms with E-state index in [0.717, 1.165) is 50.1 Å². The topological polar surface area (TPSA) is 42.1 Å². The Morgan fingerprint density at radius 2 is 1.90 bits per heavy atom. The number of anilines is 1. The lowest BCUT2D eigenvalue weighted by Crippen LogP contribution is -3.00. The van der Waals surface area contributed by atoms with Crippen molar-refractivity contribution >= 4 is 5.95 Å². The Labute approximate surface area is 142 Å². The van der Waals surface area contributed by atoms with E-state index in [1.807, 2.05) is 29.1 Å². The van der Waals surface area contributed by atoms with Gasteiger partial charge in [0.1, 0.15) is 5.69 Å². The van der Waals surface area contributed by atoms with Gasteiger partial charge in [0.15, 0.2) is 6.54 Å². The van der Waals surface area contributed by atoms with Crippen LogP contribution in [0.5, 0.6) is 0 Å². The van der Waals surface area contributed by atoms with E-state index in [0.29, 0.717) is 0 Å². The van der Waals surface area contributed by atoms with E-state index >= 15 is 0 Å². The Morgan fingerprint density at radius 1 is 1.19 bits per heavy atom. The number of benzene rings is 1. The first kappa shape index (κ1) is 16.1. The number of hydrogen-bond acceptors (Lipinski definition) is 4. The lowest BCUT2D eigenvalue weighted by atomic mass is 10.2. The van der Waals surface area contributed by atoms with Gasteiger partial charge in [-0.25, -0.2) is 4.98 Å². The molecule has 0 N–H and O–H groups in total. The van der Waals surface area contributed by atoms with Gasteiger partial charge in [-0.1, -0.05) is 35.0 Å². The summed E-state index contributed by atoms with van der Waals surface area (Å²) in [6.45, 7) is 6.10. The number of hydrogen-bond donors (Lipinski definition) is 0. The Kier molecular flexibility index (Phi) is 5.86. The van der Waals surface area contributed by atoms with E-state index in [1.165, 1.54) is 0 Å². The van der Waals surface area contributed by atoms with Crippen molar-refractivity contribution < 1.29 is 33.4 Å². The third-order valence-corrected chi connectivity index (χ3v) is 3.40. The molecular formula is C15H19IN4O. The second-order valence-corrected chi connectivity index (χ2v) is 4.75. The van der Waals surface area contributed by atoms with Gasteiger partial charge in [-0.15, -0.1) is 0 Å². The number of rotatable bonds is 3. The standard InChI is InChI=1S/C15H19N4O.HI/c1-2-19-12-14(13-6-4-3-5-7-13)16-15(17-19)18-8-10-20-11-9-18;/h3-7,12H,2,8-11H2,1H3;1H/q+1;/p-1. The van der Waals surface area contributed by atoms with Crippen LogP contribution in [0.25, 0.3) is 11.3 Å². The molecule has 0 saturated carbocycles. The molecule has 2 heterocycles. The summed E-state index contributed by atoms with van der Waals surface area (Å²) in [5.41, 5.74) is 2.08. The van der Waals surface area contributed by atoms with Gasteiger partial charge in [0.25, 0.3) is 5.95 Å². The van der Waals surface area contributed by atoms with Crippen LogP contribution in [0.4, 0.5) is 5.95 Å². The van der Waals surface area contributed by atoms with Crippen molar-refractivity contribution in [2.24, 2.45) is 0 Å². The zero-order valence-corrected chi connectivity index (χ0v) is 14.2. The zero-order valence-electron chi connectivity index (χ0n) is 12.1. The van der Waals surface area contributed by atoms with Gasteiger partial charge >= 0.3 is 0 Å². The minimum Gasteiger partial charge on any atom is -1.00 e. The number of ether oxygens (including phenoxy) is 1. The highest BCUT2D eigenvalue weighted by atomic mass is 127. The predicted octanol–water partition coefficient (Wildman–Crippen LogP) is -1.71. The van der Waals surface area contributed by atoms with E-state index in [4.69, 9.17) is 9.72 Å². The molecule has 2 aromatic rings. The van der Waals surface area contributed by atoms with E-state index in [9.17, 15) is 0 Å². The number of nitrogens with zero attached hydrogens (tertiary/aromatic N) is 4. The smallest absolute Gasteiger partial charge is 0.291 e. The summed E-state index contributed by atoms with van der Waals surface area (Å²) in [5.74, 6) is 0.788. The quantitative estimate of drug-likeness (QED) is 0.457. The van der Waals surface area contributed by atoms with Crippen molar-refractivity contribution in [2.75, 3.05) is 31.2 Å². The molecule has 0 amide bonds. The van der Waals surface area contributed by atoms with Crippen molar-refractivity contribution in [2.45, 2.75) is 13.5 Å². The van der Waals surface area contributed by atoms with Crippen LogP contribution in [0.2, 0.25) is 0 Å². The van der Waals surface area contributed by atoms with Gasteiger partial charge in [0, 0.05) is 23.8 Å². The molecule has 6 heteroatoms. The first-order chi connectivity index (χ1) is 9.86. The third kappa shape index (κ3) is 3.88. The summed E-state index contributed by atoms with van der Waals surface area (Å²) in [5, 5.41) is 4.58. The van der Waals surface area contributed by atoms with Crippen molar-refractivity contribution in [1.29, 1.82) is 0 Å². The molecule has 1 aliphatic heterocycles. The molecule has 1 fully saturated rings. The molecule has 21 heavy (non-hydrogen) atoms. The Balaban J connectivity index is 0.00000161. The first-order valence-electron chi connectivity index (χ1n) is 7.04. The third-order valence-electron chi connectivity index (χ3n) is 3.40. The van der Waals surface area contributed by atoms with Crippen LogP contribution in [0.3, 0.4) is 0 Å². The fraction of sp³-hybridized carbons (Fsp3) is 0.400. The molecule has 1 aromatic heterocycles. The molecule has 3 rings (SSSR count). The van der Waals surface area contributed by atoms with Gasteiger partial charge < -0.3 is 33.6 Å².